The molecule has 0 amide bonds. The number of allylic oxidation sites excluding steroid dienone is 1. The van der Waals surface area contributed by atoms with Crippen molar-refractivity contribution in [1.29, 1.82) is 0 Å². The van der Waals surface area contributed by atoms with Crippen LogP contribution in [0.5, 0.6) is 0 Å². The number of hydrogen-bond acceptors (Lipinski definition) is 1. The Morgan fingerprint density at radius 2 is 1.53 bits per heavy atom. The zero-order valence-corrected chi connectivity index (χ0v) is 12.6. The van der Waals surface area contributed by atoms with E-state index in [1.165, 1.54) is 31.0 Å². The fourth-order valence-corrected chi connectivity index (χ4v) is 7.38. The molecule has 0 rings (SSSR count). The third-order valence-electron chi connectivity index (χ3n) is 3.42. The first-order chi connectivity index (χ1) is 7.02. The van der Waals surface area contributed by atoms with Crippen molar-refractivity contribution in [2.45, 2.75) is 58.7 Å². The Balaban J connectivity index is 4.87. The molecule has 0 unspecified atom stereocenters. The molecule has 2 heteroatoms. The molecule has 0 atom stereocenters. The summed E-state index contributed by atoms with van der Waals surface area (Å²) in [5.74, 6) is 0. The van der Waals surface area contributed by atoms with Gasteiger partial charge in [0.15, 0.2) is 0 Å². The molecule has 0 aliphatic rings. The predicted octanol–water partition coefficient (Wildman–Crippen LogP) is 4.28. The Kier molecular flexibility index (Phi) is 6.99. The molecule has 0 N–H and O–H groups in total. The van der Waals surface area contributed by atoms with Crippen molar-refractivity contribution in [3.05, 3.63) is 11.4 Å². The van der Waals surface area contributed by atoms with Crippen molar-refractivity contribution in [3.8, 4) is 0 Å². The Bertz CT molecular complexity index is 191. The SMILES string of the molecule is CCC[Si](CC)(CCC)C(C)=CN(C)C. The Labute approximate surface area is 97.6 Å². The molecular weight excluding hydrogens is 198 g/mol. The maximum atomic E-state index is 2.39. The minimum absolute atomic E-state index is 1.12. The van der Waals surface area contributed by atoms with Crippen LogP contribution in [0.1, 0.15) is 40.5 Å². The van der Waals surface area contributed by atoms with Gasteiger partial charge in [0.2, 0.25) is 0 Å². The zero-order chi connectivity index (χ0) is 11.9. The highest BCUT2D eigenvalue weighted by Crippen LogP contribution is 2.31. The smallest absolute Gasteiger partial charge is 0.0827 e. The molecule has 0 fully saturated rings. The molecule has 0 heterocycles. The maximum absolute atomic E-state index is 2.39. The van der Waals surface area contributed by atoms with E-state index in [0.29, 0.717) is 0 Å². The van der Waals surface area contributed by atoms with Gasteiger partial charge in [-0.2, -0.15) is 0 Å². The average Bonchev–Trinajstić information content (AvgIpc) is 2.16. The molecule has 90 valence electrons. The summed E-state index contributed by atoms with van der Waals surface area (Å²) < 4.78 is 0. The molecule has 15 heavy (non-hydrogen) atoms. The average molecular weight is 227 g/mol. The van der Waals surface area contributed by atoms with Crippen molar-refractivity contribution in [2.75, 3.05) is 14.1 Å². The van der Waals surface area contributed by atoms with Crippen LogP contribution in [0.25, 0.3) is 0 Å². The monoisotopic (exact) mass is 227 g/mol. The quantitative estimate of drug-likeness (QED) is 0.587. The summed E-state index contributed by atoms with van der Waals surface area (Å²) >= 11 is 0. The highest BCUT2D eigenvalue weighted by Gasteiger charge is 2.30. The Hall–Kier alpha value is -0.243. The molecule has 0 spiro atoms. The van der Waals surface area contributed by atoms with Gasteiger partial charge in [0.1, 0.15) is 0 Å². The van der Waals surface area contributed by atoms with Crippen molar-refractivity contribution < 1.29 is 0 Å². The Morgan fingerprint density at radius 1 is 1.07 bits per heavy atom. The second-order valence-corrected chi connectivity index (χ2v) is 9.97. The van der Waals surface area contributed by atoms with E-state index in [1.54, 1.807) is 5.20 Å². The minimum atomic E-state index is -1.12. The molecule has 0 saturated heterocycles. The van der Waals surface area contributed by atoms with Crippen LogP contribution in [0.3, 0.4) is 0 Å². The van der Waals surface area contributed by atoms with Crippen molar-refractivity contribution in [3.63, 3.8) is 0 Å². The van der Waals surface area contributed by atoms with Crippen LogP contribution < -0.4 is 0 Å². The molecule has 0 saturated carbocycles. The van der Waals surface area contributed by atoms with E-state index in [1.807, 2.05) is 0 Å². The van der Waals surface area contributed by atoms with Crippen LogP contribution >= 0.6 is 0 Å². The van der Waals surface area contributed by atoms with E-state index in [0.717, 1.165) is 0 Å². The van der Waals surface area contributed by atoms with Crippen LogP contribution in [0.2, 0.25) is 18.1 Å². The van der Waals surface area contributed by atoms with Crippen LogP contribution in [0.4, 0.5) is 0 Å². The fraction of sp³-hybridized carbons (Fsp3) is 0.846. The highest BCUT2D eigenvalue weighted by atomic mass is 28.3. The van der Waals surface area contributed by atoms with Gasteiger partial charge in [0.25, 0.3) is 0 Å². The lowest BCUT2D eigenvalue weighted by Crippen LogP contribution is -2.35. The van der Waals surface area contributed by atoms with E-state index in [9.17, 15) is 0 Å². The maximum Gasteiger partial charge on any atom is 0.0827 e. The van der Waals surface area contributed by atoms with Gasteiger partial charge in [0, 0.05) is 14.1 Å². The van der Waals surface area contributed by atoms with Gasteiger partial charge < -0.3 is 4.90 Å². The molecule has 0 aliphatic carbocycles. The van der Waals surface area contributed by atoms with Gasteiger partial charge in [-0.1, -0.05) is 56.9 Å². The van der Waals surface area contributed by atoms with Gasteiger partial charge in [-0.25, -0.2) is 0 Å². The van der Waals surface area contributed by atoms with Crippen LogP contribution in [-0.2, 0) is 0 Å². The van der Waals surface area contributed by atoms with E-state index in [2.05, 4.69) is 52.9 Å². The lowest BCUT2D eigenvalue weighted by Gasteiger charge is -2.32. The summed E-state index contributed by atoms with van der Waals surface area (Å²) in [6.45, 7) is 9.41. The molecular formula is C13H29NSi. The summed E-state index contributed by atoms with van der Waals surface area (Å²) in [6.07, 6.45) is 5.05. The van der Waals surface area contributed by atoms with E-state index in [-0.39, 0.29) is 0 Å². The van der Waals surface area contributed by atoms with Crippen molar-refractivity contribution in [2.24, 2.45) is 0 Å². The second kappa shape index (κ2) is 7.10. The van der Waals surface area contributed by atoms with E-state index >= 15 is 0 Å². The molecule has 0 aromatic heterocycles. The second-order valence-electron chi connectivity index (χ2n) is 4.91. The van der Waals surface area contributed by atoms with Crippen LogP contribution in [0.15, 0.2) is 11.4 Å². The van der Waals surface area contributed by atoms with E-state index < -0.39 is 8.07 Å². The number of nitrogens with zero attached hydrogens (tertiary/aromatic N) is 1. The molecule has 1 nitrogen and oxygen atoms in total. The number of rotatable bonds is 7. The standard InChI is InChI=1S/C13H29NSi/c1-7-10-15(9-3,11-8-2)13(4)12-14(5)6/h12H,7-11H2,1-6H3. The molecule has 0 bridgehead atoms. The van der Waals surface area contributed by atoms with Gasteiger partial charge in [-0.3, -0.25) is 0 Å². The van der Waals surface area contributed by atoms with Gasteiger partial charge in [-0.05, 0) is 13.1 Å². The topological polar surface area (TPSA) is 3.24 Å². The highest BCUT2D eigenvalue weighted by molar-refractivity contribution is 6.86. The molecule has 0 aromatic carbocycles. The van der Waals surface area contributed by atoms with Crippen LogP contribution in [-0.4, -0.2) is 27.1 Å². The first kappa shape index (κ1) is 14.8. The van der Waals surface area contributed by atoms with Gasteiger partial charge in [-0.15, -0.1) is 0 Å². The van der Waals surface area contributed by atoms with Crippen LogP contribution in [0, 0.1) is 0 Å². The van der Waals surface area contributed by atoms with E-state index in [4.69, 9.17) is 0 Å². The molecule has 0 aromatic rings. The summed E-state index contributed by atoms with van der Waals surface area (Å²) in [6, 6.07) is 4.34. The van der Waals surface area contributed by atoms with Gasteiger partial charge in [0.05, 0.1) is 8.07 Å². The largest absolute Gasteiger partial charge is 0.384 e. The Morgan fingerprint density at radius 3 is 1.80 bits per heavy atom. The first-order valence-corrected chi connectivity index (χ1v) is 8.99. The third-order valence-corrected chi connectivity index (χ3v) is 9.49. The lowest BCUT2D eigenvalue weighted by molar-refractivity contribution is 0.560. The third kappa shape index (κ3) is 4.41. The van der Waals surface area contributed by atoms with Crippen molar-refractivity contribution in [1.82, 2.24) is 4.90 Å². The minimum Gasteiger partial charge on any atom is -0.384 e. The summed E-state index contributed by atoms with van der Waals surface area (Å²) in [5.41, 5.74) is 0. The normalized spacial score (nSPS) is 13.1. The molecule has 0 radical (unpaired) electrons. The van der Waals surface area contributed by atoms with Gasteiger partial charge >= 0.3 is 0 Å². The fourth-order valence-electron chi connectivity index (χ4n) is 2.63. The predicted molar refractivity (Wildman–Crippen MR) is 73.9 cm³/mol. The van der Waals surface area contributed by atoms with Crippen molar-refractivity contribution >= 4 is 8.07 Å². The molecule has 0 aliphatic heterocycles. The lowest BCUT2D eigenvalue weighted by atomic mass is 10.6. The summed E-state index contributed by atoms with van der Waals surface area (Å²) in [7, 11) is 3.15. The summed E-state index contributed by atoms with van der Waals surface area (Å²) in [5, 5.41) is 1.69. The number of hydrogen-bond donors (Lipinski definition) is 0. The summed E-state index contributed by atoms with van der Waals surface area (Å²) in [4.78, 5) is 2.21. The zero-order valence-electron chi connectivity index (χ0n) is 11.6. The first-order valence-electron chi connectivity index (χ1n) is 6.37.